The van der Waals surface area contributed by atoms with Crippen LogP contribution in [0.15, 0.2) is 52.9 Å². The van der Waals surface area contributed by atoms with Gasteiger partial charge in [-0.2, -0.15) is 0 Å². The second kappa shape index (κ2) is 10.2. The highest BCUT2D eigenvalue weighted by atomic mass is 16.5. The highest BCUT2D eigenvalue weighted by molar-refractivity contribution is 5.90. The lowest BCUT2D eigenvalue weighted by Crippen LogP contribution is -2.48. The minimum atomic E-state index is -2.65. The summed E-state index contributed by atoms with van der Waals surface area (Å²) in [6.45, 7) is 0.947. The first kappa shape index (κ1) is 24.4. The van der Waals surface area contributed by atoms with E-state index in [-0.39, 0.29) is 12.6 Å². The van der Waals surface area contributed by atoms with Gasteiger partial charge in [-0.3, -0.25) is 9.59 Å². The van der Waals surface area contributed by atoms with Crippen LogP contribution in [0.5, 0.6) is 0 Å². The van der Waals surface area contributed by atoms with E-state index in [9.17, 15) is 24.6 Å². The van der Waals surface area contributed by atoms with Crippen molar-refractivity contribution < 1.29 is 38.9 Å². The molecule has 1 fully saturated rings. The predicted octanol–water partition coefficient (Wildman–Crippen LogP) is 2.68. The van der Waals surface area contributed by atoms with Crippen molar-refractivity contribution in [3.05, 3.63) is 54.1 Å². The number of carboxylic acid groups (broad SMARTS) is 2. The number of ether oxygens (including phenoxy) is 1. The van der Waals surface area contributed by atoms with Crippen LogP contribution in [-0.2, 0) is 25.7 Å². The van der Waals surface area contributed by atoms with E-state index in [2.05, 4.69) is 4.98 Å². The molecular weight excluding hydrogens is 456 g/mol. The first-order chi connectivity index (χ1) is 16.7. The summed E-state index contributed by atoms with van der Waals surface area (Å²) in [6.07, 6.45) is -0.471. The summed E-state index contributed by atoms with van der Waals surface area (Å²) < 4.78 is 11.6. The van der Waals surface area contributed by atoms with Crippen molar-refractivity contribution in [3.63, 3.8) is 0 Å². The highest BCUT2D eigenvalue weighted by Gasteiger charge is 2.43. The lowest BCUT2D eigenvalue weighted by Gasteiger charge is -2.28. The Morgan fingerprint density at radius 3 is 2.51 bits per heavy atom. The number of carbonyl (C=O) groups excluding carboxylic acids is 1. The number of hydrogen-bond acceptors (Lipinski definition) is 7. The Bertz CT molecular complexity index is 1190. The van der Waals surface area contributed by atoms with Crippen molar-refractivity contribution in [3.8, 4) is 11.5 Å². The Morgan fingerprint density at radius 2 is 1.83 bits per heavy atom. The van der Waals surface area contributed by atoms with Gasteiger partial charge in [-0.1, -0.05) is 24.3 Å². The van der Waals surface area contributed by atoms with Gasteiger partial charge in [-0.25, -0.2) is 9.78 Å². The quantitative estimate of drug-likeness (QED) is 0.396. The molecule has 10 heteroatoms. The molecule has 0 saturated carbocycles. The van der Waals surface area contributed by atoms with Gasteiger partial charge in [0.2, 0.25) is 11.8 Å². The molecule has 2 aromatic carbocycles. The fourth-order valence-corrected chi connectivity index (χ4v) is 4.20. The number of oxazole rings is 1. The normalized spacial score (nSPS) is 17.4. The minimum absolute atomic E-state index is 0.239. The summed E-state index contributed by atoms with van der Waals surface area (Å²) in [5.74, 6) is -3.30. The number of para-hydroxylation sites is 2. The number of amides is 1. The number of hydrogen-bond donors (Lipinski definition) is 3. The van der Waals surface area contributed by atoms with Gasteiger partial charge < -0.3 is 29.4 Å². The molecule has 1 aliphatic heterocycles. The molecule has 1 aromatic heterocycles. The average Bonchev–Trinajstić information content (AvgIpc) is 3.46. The Balaban J connectivity index is 1.31. The zero-order chi connectivity index (χ0) is 25.0. The van der Waals surface area contributed by atoms with Crippen LogP contribution < -0.4 is 0 Å². The second-order valence-corrected chi connectivity index (χ2v) is 8.67. The van der Waals surface area contributed by atoms with Crippen LogP contribution in [0.2, 0.25) is 0 Å². The maximum atomic E-state index is 12.7. The summed E-state index contributed by atoms with van der Waals surface area (Å²) in [4.78, 5) is 40.9. The first-order valence-electron chi connectivity index (χ1n) is 11.2. The maximum Gasteiger partial charge on any atom is 0.336 e. The smallest absolute Gasteiger partial charge is 0.336 e. The van der Waals surface area contributed by atoms with Crippen molar-refractivity contribution in [2.24, 2.45) is 0 Å². The number of nitrogens with zero attached hydrogens (tertiary/aromatic N) is 2. The number of aromatic nitrogens is 1. The fourth-order valence-electron chi connectivity index (χ4n) is 4.20. The van der Waals surface area contributed by atoms with Crippen LogP contribution in [0.3, 0.4) is 0 Å². The maximum absolute atomic E-state index is 12.7. The van der Waals surface area contributed by atoms with Crippen molar-refractivity contribution in [2.45, 2.75) is 43.9 Å². The summed E-state index contributed by atoms with van der Waals surface area (Å²) in [7, 11) is 0. The Kier molecular flexibility index (Phi) is 7.13. The molecule has 4 rings (SSSR count). The summed E-state index contributed by atoms with van der Waals surface area (Å²) in [5, 5.41) is 28.3. The summed E-state index contributed by atoms with van der Waals surface area (Å²) in [5.41, 5.74) is 0.616. The average molecular weight is 482 g/mol. The van der Waals surface area contributed by atoms with Crippen LogP contribution >= 0.6 is 0 Å². The lowest BCUT2D eigenvalue weighted by atomic mass is 9.95. The van der Waals surface area contributed by atoms with Gasteiger partial charge in [0.25, 0.3) is 0 Å². The molecule has 2 heterocycles. The van der Waals surface area contributed by atoms with Gasteiger partial charge in [-0.15, -0.1) is 0 Å². The largest absolute Gasteiger partial charge is 0.481 e. The van der Waals surface area contributed by atoms with Crippen LogP contribution in [0.4, 0.5) is 0 Å². The van der Waals surface area contributed by atoms with Gasteiger partial charge in [0.05, 0.1) is 32.1 Å². The predicted molar refractivity (Wildman–Crippen MR) is 123 cm³/mol. The molecule has 0 bridgehead atoms. The number of likely N-dealkylation sites (tertiary alicyclic amines) is 1. The van der Waals surface area contributed by atoms with Gasteiger partial charge in [-0.05, 0) is 42.7 Å². The van der Waals surface area contributed by atoms with Gasteiger partial charge >= 0.3 is 11.9 Å². The molecule has 184 valence electrons. The number of benzene rings is 2. The SMILES string of the molecule is O=C(O)CC(O)(CC(=O)N1CCCC1COCc1ccc(-c2nc3ccccc3o2)cc1)C(=O)O. The molecule has 3 aromatic rings. The molecule has 0 aliphatic carbocycles. The molecule has 35 heavy (non-hydrogen) atoms. The number of fused-ring (bicyclic) bond motifs is 1. The molecular formula is C25H26N2O8. The lowest BCUT2D eigenvalue weighted by molar-refractivity contribution is -0.169. The van der Waals surface area contributed by atoms with E-state index in [0.717, 1.165) is 22.2 Å². The second-order valence-electron chi connectivity index (χ2n) is 8.67. The van der Waals surface area contributed by atoms with E-state index in [1.807, 2.05) is 48.5 Å². The third kappa shape index (κ3) is 5.67. The number of carbonyl (C=O) groups is 3. The standard InChI is InChI=1S/C25H26N2O8/c28-21(12-25(33,24(31)32)13-22(29)30)27-11-3-4-18(27)15-34-14-16-7-9-17(10-8-16)23-26-19-5-1-2-6-20(19)35-23/h1-2,5-10,18,33H,3-4,11-15H2,(H,29,30)(H,31,32). The molecule has 1 saturated heterocycles. The highest BCUT2D eigenvalue weighted by Crippen LogP contribution is 2.26. The molecule has 10 nitrogen and oxygen atoms in total. The Morgan fingerprint density at radius 1 is 1.09 bits per heavy atom. The third-order valence-corrected chi connectivity index (χ3v) is 6.06. The number of carboxylic acids is 2. The van der Waals surface area contributed by atoms with E-state index < -0.39 is 36.3 Å². The minimum Gasteiger partial charge on any atom is -0.481 e. The fraction of sp³-hybridized carbons (Fsp3) is 0.360. The van der Waals surface area contributed by atoms with Crippen LogP contribution in [0.25, 0.3) is 22.6 Å². The van der Waals surface area contributed by atoms with E-state index in [1.54, 1.807) is 0 Å². The van der Waals surface area contributed by atoms with E-state index in [1.165, 1.54) is 4.90 Å². The molecule has 0 radical (unpaired) electrons. The van der Waals surface area contributed by atoms with Crippen molar-refractivity contribution in [1.29, 1.82) is 0 Å². The molecule has 2 atom stereocenters. The monoisotopic (exact) mass is 482 g/mol. The zero-order valence-corrected chi connectivity index (χ0v) is 18.9. The first-order valence-corrected chi connectivity index (χ1v) is 11.2. The molecule has 1 aliphatic rings. The van der Waals surface area contributed by atoms with Crippen molar-refractivity contribution in [2.75, 3.05) is 13.2 Å². The molecule has 0 spiro atoms. The number of aliphatic hydroxyl groups is 1. The Hall–Kier alpha value is -3.76. The Labute approximate surface area is 200 Å². The molecule has 2 unspecified atom stereocenters. The number of aliphatic carboxylic acids is 2. The number of rotatable bonds is 10. The van der Waals surface area contributed by atoms with Crippen molar-refractivity contribution in [1.82, 2.24) is 9.88 Å². The third-order valence-electron chi connectivity index (χ3n) is 6.06. The zero-order valence-electron chi connectivity index (χ0n) is 18.9. The van der Waals surface area contributed by atoms with Crippen LogP contribution in [0.1, 0.15) is 31.2 Å². The van der Waals surface area contributed by atoms with Crippen LogP contribution in [-0.4, -0.2) is 67.8 Å². The van der Waals surface area contributed by atoms with E-state index in [4.69, 9.17) is 14.3 Å². The van der Waals surface area contributed by atoms with Gasteiger partial charge in [0.1, 0.15) is 5.52 Å². The van der Waals surface area contributed by atoms with Gasteiger partial charge in [0, 0.05) is 12.1 Å². The summed E-state index contributed by atoms with van der Waals surface area (Å²) >= 11 is 0. The van der Waals surface area contributed by atoms with E-state index >= 15 is 0 Å². The van der Waals surface area contributed by atoms with E-state index in [0.29, 0.717) is 31.9 Å². The molecule has 1 amide bonds. The van der Waals surface area contributed by atoms with Crippen molar-refractivity contribution >= 4 is 28.9 Å². The summed E-state index contributed by atoms with van der Waals surface area (Å²) in [6, 6.07) is 14.9. The molecule has 3 N–H and O–H groups in total. The van der Waals surface area contributed by atoms with Gasteiger partial charge in [0.15, 0.2) is 11.2 Å². The topological polar surface area (TPSA) is 150 Å². The van der Waals surface area contributed by atoms with Crippen LogP contribution in [0, 0.1) is 0 Å².